The molecule has 0 atom stereocenters. The average Bonchev–Trinajstić information content (AvgIpc) is 2.66. The minimum Gasteiger partial charge on any atom is -0.229 e. The van der Waals surface area contributed by atoms with Gasteiger partial charge in [0, 0.05) is 18.0 Å². The van der Waals surface area contributed by atoms with Gasteiger partial charge in [0.25, 0.3) is 0 Å². The third kappa shape index (κ3) is 3.60. The van der Waals surface area contributed by atoms with Gasteiger partial charge in [0.2, 0.25) is 5.82 Å². The normalized spacial score (nSPS) is 10.3. The summed E-state index contributed by atoms with van der Waals surface area (Å²) in [6.07, 6.45) is 3.65. The fraction of sp³-hybridized carbons (Fsp3) is 0.143. The van der Waals surface area contributed by atoms with Crippen LogP contribution in [0.25, 0.3) is 11.1 Å². The first-order valence-corrected chi connectivity index (χ1v) is 8.07. The van der Waals surface area contributed by atoms with Gasteiger partial charge in [-0.2, -0.15) is 0 Å². The number of aryl methyl sites for hydroxylation is 2. The highest BCUT2D eigenvalue weighted by Gasteiger charge is 2.09. The largest absolute Gasteiger partial charge is 0.229 e. The number of rotatable bonds is 2. The van der Waals surface area contributed by atoms with E-state index in [-0.39, 0.29) is 22.8 Å². The highest BCUT2D eigenvalue weighted by molar-refractivity contribution is 5.62. The molecule has 5 heteroatoms. The molecular formula is C21H15F3N2. The van der Waals surface area contributed by atoms with Crippen LogP contribution >= 0.6 is 0 Å². The van der Waals surface area contributed by atoms with Crippen LogP contribution in [0.2, 0.25) is 0 Å². The molecular weight excluding hydrogens is 337 g/mol. The average molecular weight is 352 g/mol. The van der Waals surface area contributed by atoms with Gasteiger partial charge in [-0.05, 0) is 48.1 Å². The van der Waals surface area contributed by atoms with E-state index in [0.29, 0.717) is 23.1 Å². The van der Waals surface area contributed by atoms with Crippen molar-refractivity contribution in [3.05, 3.63) is 82.7 Å². The molecule has 2 aromatic carbocycles. The van der Waals surface area contributed by atoms with Gasteiger partial charge >= 0.3 is 0 Å². The zero-order valence-corrected chi connectivity index (χ0v) is 14.3. The van der Waals surface area contributed by atoms with Crippen molar-refractivity contribution in [3.63, 3.8) is 0 Å². The fourth-order valence-corrected chi connectivity index (χ4v) is 2.42. The lowest BCUT2D eigenvalue weighted by Crippen LogP contribution is -1.94. The van der Waals surface area contributed by atoms with Gasteiger partial charge in [-0.1, -0.05) is 31.0 Å². The van der Waals surface area contributed by atoms with Crippen LogP contribution in [0.15, 0.2) is 42.7 Å². The van der Waals surface area contributed by atoms with Crippen molar-refractivity contribution in [1.82, 2.24) is 9.97 Å². The van der Waals surface area contributed by atoms with Crippen LogP contribution in [0.4, 0.5) is 13.2 Å². The Labute approximate surface area is 149 Å². The van der Waals surface area contributed by atoms with Crippen molar-refractivity contribution in [2.24, 2.45) is 0 Å². The van der Waals surface area contributed by atoms with E-state index in [1.807, 2.05) is 6.92 Å². The monoisotopic (exact) mass is 352 g/mol. The zero-order valence-electron chi connectivity index (χ0n) is 14.3. The molecule has 0 radical (unpaired) electrons. The maximum atomic E-state index is 13.9. The minimum atomic E-state index is -0.986. The van der Waals surface area contributed by atoms with E-state index in [0.717, 1.165) is 0 Å². The van der Waals surface area contributed by atoms with Gasteiger partial charge in [-0.15, -0.1) is 0 Å². The van der Waals surface area contributed by atoms with E-state index >= 15 is 0 Å². The second kappa shape index (κ2) is 7.40. The van der Waals surface area contributed by atoms with E-state index in [9.17, 15) is 13.2 Å². The summed E-state index contributed by atoms with van der Waals surface area (Å²) < 4.78 is 41.2. The van der Waals surface area contributed by atoms with Crippen LogP contribution in [0.3, 0.4) is 0 Å². The summed E-state index contributed by atoms with van der Waals surface area (Å²) in [5.74, 6) is 3.13. The minimum absolute atomic E-state index is 0.0574. The molecule has 0 saturated heterocycles. The molecule has 0 aliphatic carbocycles. The molecule has 0 amide bonds. The van der Waals surface area contributed by atoms with Crippen molar-refractivity contribution in [2.75, 3.05) is 0 Å². The van der Waals surface area contributed by atoms with Crippen molar-refractivity contribution in [2.45, 2.75) is 20.3 Å². The summed E-state index contributed by atoms with van der Waals surface area (Å²) in [7, 11) is 0. The lowest BCUT2D eigenvalue weighted by molar-refractivity contribution is 0.501. The SMILES string of the molecule is CCc1ccc(-c2cnc(C#Cc3ccc(C)c(F)c3F)nc2)cc1F. The predicted octanol–water partition coefficient (Wildman–Crippen LogP) is 4.83. The first-order valence-electron chi connectivity index (χ1n) is 8.07. The smallest absolute Gasteiger partial charge is 0.205 e. The van der Waals surface area contributed by atoms with Crippen LogP contribution in [0.5, 0.6) is 0 Å². The highest BCUT2D eigenvalue weighted by atomic mass is 19.2. The maximum absolute atomic E-state index is 13.9. The molecule has 130 valence electrons. The van der Waals surface area contributed by atoms with Gasteiger partial charge in [-0.3, -0.25) is 0 Å². The van der Waals surface area contributed by atoms with Crippen LogP contribution < -0.4 is 0 Å². The maximum Gasteiger partial charge on any atom is 0.205 e. The Hall–Kier alpha value is -3.13. The molecule has 3 aromatic rings. The van der Waals surface area contributed by atoms with Crippen molar-refractivity contribution < 1.29 is 13.2 Å². The van der Waals surface area contributed by atoms with E-state index in [2.05, 4.69) is 21.8 Å². The quantitative estimate of drug-likeness (QED) is 0.617. The van der Waals surface area contributed by atoms with Crippen LogP contribution in [0, 0.1) is 36.2 Å². The first-order chi connectivity index (χ1) is 12.5. The van der Waals surface area contributed by atoms with E-state index in [1.54, 1.807) is 12.1 Å². The number of nitrogens with zero attached hydrogens (tertiary/aromatic N) is 2. The van der Waals surface area contributed by atoms with Crippen molar-refractivity contribution >= 4 is 0 Å². The molecule has 0 unspecified atom stereocenters. The summed E-state index contributed by atoms with van der Waals surface area (Å²) >= 11 is 0. The third-order valence-electron chi connectivity index (χ3n) is 4.00. The Bertz CT molecular complexity index is 1020. The molecule has 0 spiro atoms. The van der Waals surface area contributed by atoms with Crippen LogP contribution in [0.1, 0.15) is 29.4 Å². The number of benzene rings is 2. The van der Waals surface area contributed by atoms with Crippen molar-refractivity contribution in [1.29, 1.82) is 0 Å². The van der Waals surface area contributed by atoms with Gasteiger partial charge in [0.05, 0.1) is 5.56 Å². The van der Waals surface area contributed by atoms with Crippen LogP contribution in [-0.4, -0.2) is 9.97 Å². The zero-order chi connectivity index (χ0) is 18.7. The Morgan fingerprint density at radius 3 is 2.27 bits per heavy atom. The van der Waals surface area contributed by atoms with Crippen LogP contribution in [-0.2, 0) is 6.42 Å². The summed E-state index contributed by atoms with van der Waals surface area (Å²) in [6.45, 7) is 3.37. The lowest BCUT2D eigenvalue weighted by Gasteiger charge is -2.04. The Kier molecular flexibility index (Phi) is 5.04. The fourth-order valence-electron chi connectivity index (χ4n) is 2.42. The Balaban J connectivity index is 1.85. The second-order valence-electron chi connectivity index (χ2n) is 5.76. The predicted molar refractivity (Wildman–Crippen MR) is 93.9 cm³/mol. The topological polar surface area (TPSA) is 25.8 Å². The molecule has 0 N–H and O–H groups in total. The molecule has 26 heavy (non-hydrogen) atoms. The van der Waals surface area contributed by atoms with Gasteiger partial charge in [0.15, 0.2) is 11.6 Å². The summed E-state index contributed by atoms with van der Waals surface area (Å²) in [5.41, 5.74) is 2.10. The molecule has 1 heterocycles. The lowest BCUT2D eigenvalue weighted by atomic mass is 10.0. The summed E-state index contributed by atoms with van der Waals surface area (Å²) in [6, 6.07) is 7.84. The third-order valence-corrected chi connectivity index (χ3v) is 4.00. The molecule has 3 rings (SSSR count). The Morgan fingerprint density at radius 1 is 0.885 bits per heavy atom. The Morgan fingerprint density at radius 2 is 1.62 bits per heavy atom. The highest BCUT2D eigenvalue weighted by Crippen LogP contribution is 2.21. The standard InChI is InChI=1S/C21H15F3N2/c1-3-14-6-7-16(10-18(14)22)17-11-25-19(26-12-17)9-8-15-5-4-13(2)20(23)21(15)24/h4-7,10-12H,3H2,1-2H3. The molecule has 0 fully saturated rings. The first kappa shape index (κ1) is 17.7. The van der Waals surface area contributed by atoms with E-state index in [4.69, 9.17) is 0 Å². The summed E-state index contributed by atoms with van der Waals surface area (Å²) in [5, 5.41) is 0. The number of hydrogen-bond donors (Lipinski definition) is 0. The molecule has 0 bridgehead atoms. The van der Waals surface area contributed by atoms with Gasteiger partial charge in [0.1, 0.15) is 5.82 Å². The van der Waals surface area contributed by atoms with Crippen molar-refractivity contribution in [3.8, 4) is 23.0 Å². The van der Waals surface area contributed by atoms with E-state index in [1.165, 1.54) is 37.5 Å². The molecule has 1 aromatic heterocycles. The van der Waals surface area contributed by atoms with Gasteiger partial charge in [-0.25, -0.2) is 23.1 Å². The molecule has 0 aliphatic heterocycles. The molecule has 0 aliphatic rings. The molecule has 2 nitrogen and oxygen atoms in total. The van der Waals surface area contributed by atoms with E-state index < -0.39 is 11.6 Å². The number of aromatic nitrogens is 2. The van der Waals surface area contributed by atoms with Gasteiger partial charge < -0.3 is 0 Å². The number of hydrogen-bond acceptors (Lipinski definition) is 2. The number of halogens is 3. The summed E-state index contributed by atoms with van der Waals surface area (Å²) in [4.78, 5) is 8.18. The second-order valence-corrected chi connectivity index (χ2v) is 5.76. The molecule has 0 saturated carbocycles.